The molecule has 24 heavy (non-hydrogen) atoms. The molecule has 134 valence electrons. The molecular weight excluding hydrogens is 300 g/mol. The third kappa shape index (κ3) is 4.58. The number of rotatable bonds is 7. The van der Waals surface area contributed by atoms with E-state index < -0.39 is 0 Å². The molecule has 0 saturated carbocycles. The fourth-order valence-corrected chi connectivity index (χ4v) is 3.53. The number of amides is 1. The molecule has 2 rings (SSSR count). The quantitative estimate of drug-likeness (QED) is 0.807. The highest BCUT2D eigenvalue weighted by Crippen LogP contribution is 2.34. The third-order valence-electron chi connectivity index (χ3n) is 5.83. The lowest BCUT2D eigenvalue weighted by Crippen LogP contribution is -2.51. The predicted molar refractivity (Wildman–Crippen MR) is 98.0 cm³/mol. The number of nitrogens with zero attached hydrogens (tertiary/aromatic N) is 1. The van der Waals surface area contributed by atoms with Crippen LogP contribution >= 0.6 is 0 Å². The van der Waals surface area contributed by atoms with E-state index in [2.05, 4.69) is 36.2 Å². The van der Waals surface area contributed by atoms with Crippen molar-refractivity contribution in [1.82, 2.24) is 10.2 Å². The van der Waals surface area contributed by atoms with Gasteiger partial charge in [0.2, 0.25) is 5.91 Å². The molecule has 0 radical (unpaired) electrons. The van der Waals surface area contributed by atoms with Crippen LogP contribution in [0.4, 0.5) is 0 Å². The lowest BCUT2D eigenvalue weighted by Gasteiger charge is -2.42. The summed E-state index contributed by atoms with van der Waals surface area (Å²) < 4.78 is 0. The second-order valence-electron chi connectivity index (χ2n) is 7.19. The number of aliphatic hydroxyl groups is 1. The number of hydrogen-bond acceptors (Lipinski definition) is 3. The minimum Gasteiger partial charge on any atom is -0.396 e. The summed E-state index contributed by atoms with van der Waals surface area (Å²) >= 11 is 0. The van der Waals surface area contributed by atoms with Crippen molar-refractivity contribution >= 4 is 5.91 Å². The molecule has 1 amide bonds. The van der Waals surface area contributed by atoms with Gasteiger partial charge in [0.05, 0.1) is 6.04 Å². The second-order valence-corrected chi connectivity index (χ2v) is 7.19. The molecule has 2 N–H and O–H groups in total. The molecule has 1 aliphatic heterocycles. The number of benzene rings is 1. The highest BCUT2D eigenvalue weighted by Gasteiger charge is 2.35. The van der Waals surface area contributed by atoms with Gasteiger partial charge in [-0.1, -0.05) is 31.2 Å². The first-order valence-corrected chi connectivity index (χ1v) is 9.18. The Balaban J connectivity index is 1.78. The zero-order chi connectivity index (χ0) is 17.6. The van der Waals surface area contributed by atoms with Gasteiger partial charge in [-0.25, -0.2) is 0 Å². The first-order chi connectivity index (χ1) is 11.5. The highest BCUT2D eigenvalue weighted by atomic mass is 16.3. The largest absolute Gasteiger partial charge is 0.396 e. The molecule has 1 fully saturated rings. The van der Waals surface area contributed by atoms with Crippen molar-refractivity contribution in [1.29, 1.82) is 0 Å². The number of piperidine rings is 1. The summed E-state index contributed by atoms with van der Waals surface area (Å²) in [7, 11) is 0. The van der Waals surface area contributed by atoms with E-state index in [-0.39, 0.29) is 24.0 Å². The molecule has 0 aromatic heterocycles. The van der Waals surface area contributed by atoms with Gasteiger partial charge >= 0.3 is 0 Å². The summed E-state index contributed by atoms with van der Waals surface area (Å²) in [4.78, 5) is 14.7. The Hall–Kier alpha value is -1.39. The fourth-order valence-electron chi connectivity index (χ4n) is 3.53. The standard InChI is InChI=1S/C20H32N2O2/c1-4-20(15-23)10-13-22(14-11-20)17(3)19(24)21-12-9-18-8-6-5-7-16(18)2/h5-8,17,23H,4,9-15H2,1-3H3,(H,21,24). The Bertz CT molecular complexity index is 530. The van der Waals surface area contributed by atoms with Gasteiger partial charge < -0.3 is 10.4 Å². The van der Waals surface area contributed by atoms with Crippen molar-refractivity contribution in [2.24, 2.45) is 5.41 Å². The first kappa shape index (κ1) is 18.9. The van der Waals surface area contributed by atoms with Crippen LogP contribution in [0.3, 0.4) is 0 Å². The third-order valence-corrected chi connectivity index (χ3v) is 5.83. The maximum absolute atomic E-state index is 12.4. The lowest BCUT2D eigenvalue weighted by molar-refractivity contribution is -0.127. The summed E-state index contributed by atoms with van der Waals surface area (Å²) in [5.41, 5.74) is 2.63. The van der Waals surface area contributed by atoms with Crippen LogP contribution in [-0.4, -0.2) is 48.2 Å². The number of nitrogens with one attached hydrogen (secondary N) is 1. The van der Waals surface area contributed by atoms with Gasteiger partial charge in [0.15, 0.2) is 0 Å². The highest BCUT2D eigenvalue weighted by molar-refractivity contribution is 5.81. The van der Waals surface area contributed by atoms with Gasteiger partial charge in [0, 0.05) is 13.2 Å². The number of likely N-dealkylation sites (tertiary alicyclic amines) is 1. The molecular formula is C20H32N2O2. The molecule has 4 heteroatoms. The number of hydrogen-bond donors (Lipinski definition) is 2. The summed E-state index contributed by atoms with van der Waals surface area (Å²) in [6.45, 7) is 8.95. The number of carbonyl (C=O) groups excluding carboxylic acids is 1. The van der Waals surface area contributed by atoms with E-state index in [0.717, 1.165) is 38.8 Å². The molecule has 1 aliphatic rings. The lowest BCUT2D eigenvalue weighted by atomic mass is 9.76. The van der Waals surface area contributed by atoms with Gasteiger partial charge in [0.1, 0.15) is 0 Å². The Kier molecular flexibility index (Phi) is 6.81. The van der Waals surface area contributed by atoms with E-state index >= 15 is 0 Å². The smallest absolute Gasteiger partial charge is 0.237 e. The first-order valence-electron chi connectivity index (χ1n) is 9.18. The van der Waals surface area contributed by atoms with Crippen LogP contribution in [0.2, 0.25) is 0 Å². The molecule has 1 heterocycles. The van der Waals surface area contributed by atoms with Crippen molar-refractivity contribution in [3.63, 3.8) is 0 Å². The Morgan fingerprint density at radius 2 is 2.00 bits per heavy atom. The fraction of sp³-hybridized carbons (Fsp3) is 0.650. The Morgan fingerprint density at radius 3 is 2.58 bits per heavy atom. The van der Waals surface area contributed by atoms with Crippen LogP contribution in [-0.2, 0) is 11.2 Å². The van der Waals surface area contributed by atoms with Crippen molar-refractivity contribution in [2.75, 3.05) is 26.2 Å². The van der Waals surface area contributed by atoms with Crippen LogP contribution in [0.1, 0.15) is 44.2 Å². The van der Waals surface area contributed by atoms with Crippen LogP contribution in [0.25, 0.3) is 0 Å². The number of carbonyl (C=O) groups is 1. The van der Waals surface area contributed by atoms with E-state index in [9.17, 15) is 9.90 Å². The minimum atomic E-state index is -0.101. The molecule has 1 unspecified atom stereocenters. The number of aliphatic hydroxyl groups excluding tert-OH is 1. The molecule has 1 aromatic rings. The monoisotopic (exact) mass is 332 g/mol. The van der Waals surface area contributed by atoms with E-state index in [4.69, 9.17) is 0 Å². The van der Waals surface area contributed by atoms with Gasteiger partial charge in [0.25, 0.3) is 0 Å². The molecule has 1 atom stereocenters. The summed E-state index contributed by atoms with van der Waals surface area (Å²) in [6.07, 6.45) is 3.82. The van der Waals surface area contributed by atoms with Crippen molar-refractivity contribution < 1.29 is 9.90 Å². The molecule has 0 bridgehead atoms. The number of aryl methyl sites for hydroxylation is 1. The Labute approximate surface area is 146 Å². The molecule has 1 aromatic carbocycles. The zero-order valence-electron chi connectivity index (χ0n) is 15.3. The molecule has 0 aliphatic carbocycles. The topological polar surface area (TPSA) is 52.6 Å². The normalized spacial score (nSPS) is 19.0. The van der Waals surface area contributed by atoms with Crippen molar-refractivity contribution in [3.05, 3.63) is 35.4 Å². The van der Waals surface area contributed by atoms with Gasteiger partial charge in [-0.05, 0) is 69.2 Å². The Morgan fingerprint density at radius 1 is 1.33 bits per heavy atom. The molecule has 4 nitrogen and oxygen atoms in total. The molecule has 1 saturated heterocycles. The molecule has 0 spiro atoms. The van der Waals surface area contributed by atoms with Gasteiger partial charge in [-0.2, -0.15) is 0 Å². The van der Waals surface area contributed by atoms with Crippen molar-refractivity contribution in [2.45, 2.75) is 52.5 Å². The van der Waals surface area contributed by atoms with Gasteiger partial charge in [-0.3, -0.25) is 9.69 Å². The average Bonchev–Trinajstić information content (AvgIpc) is 2.62. The summed E-state index contributed by atoms with van der Waals surface area (Å²) in [6, 6.07) is 8.21. The van der Waals surface area contributed by atoms with Crippen LogP contribution in [0.15, 0.2) is 24.3 Å². The summed E-state index contributed by atoms with van der Waals surface area (Å²) in [5.74, 6) is 0.108. The predicted octanol–water partition coefficient (Wildman–Crippen LogP) is 2.53. The average molecular weight is 332 g/mol. The van der Waals surface area contributed by atoms with Crippen LogP contribution in [0, 0.1) is 12.3 Å². The van der Waals surface area contributed by atoms with Crippen molar-refractivity contribution in [3.8, 4) is 0 Å². The maximum Gasteiger partial charge on any atom is 0.237 e. The van der Waals surface area contributed by atoms with Gasteiger partial charge in [-0.15, -0.1) is 0 Å². The van der Waals surface area contributed by atoms with E-state index in [1.54, 1.807) is 0 Å². The SMILES string of the molecule is CCC1(CO)CCN(C(C)C(=O)NCCc2ccccc2C)CC1. The summed E-state index contributed by atoms with van der Waals surface area (Å²) in [5, 5.41) is 12.7. The second kappa shape index (κ2) is 8.63. The zero-order valence-corrected chi connectivity index (χ0v) is 15.3. The van der Waals surface area contributed by atoms with Crippen LogP contribution < -0.4 is 5.32 Å². The maximum atomic E-state index is 12.4. The minimum absolute atomic E-state index is 0.0670. The van der Waals surface area contributed by atoms with Crippen LogP contribution in [0.5, 0.6) is 0 Å². The van der Waals surface area contributed by atoms with E-state index in [1.165, 1.54) is 11.1 Å². The van der Waals surface area contributed by atoms with E-state index in [0.29, 0.717) is 6.54 Å². The van der Waals surface area contributed by atoms with E-state index in [1.807, 2.05) is 19.1 Å².